The van der Waals surface area contributed by atoms with Gasteiger partial charge < -0.3 is 19.4 Å². The molecular weight excluding hydrogens is 502 g/mol. The van der Waals surface area contributed by atoms with E-state index in [2.05, 4.69) is 27.3 Å². The fraction of sp³-hybridized carbons (Fsp3) is 0.267. The number of aromatic nitrogens is 1. The molecule has 2 aromatic carbocycles. The molecule has 3 heterocycles. The number of ether oxygens (including phenoxy) is 1. The van der Waals surface area contributed by atoms with Crippen molar-refractivity contribution in [1.29, 1.82) is 0 Å². The van der Waals surface area contributed by atoms with Crippen molar-refractivity contribution in [2.75, 3.05) is 4.90 Å². The van der Waals surface area contributed by atoms with Crippen LogP contribution in [-0.4, -0.2) is 16.2 Å². The molecule has 0 radical (unpaired) electrons. The van der Waals surface area contributed by atoms with E-state index in [0.717, 1.165) is 52.6 Å². The highest BCUT2D eigenvalue weighted by Gasteiger charge is 2.42. The number of rotatable bonds is 6. The van der Waals surface area contributed by atoms with Gasteiger partial charge in [0.25, 0.3) is 0 Å². The topological polar surface area (TPSA) is 50.5 Å². The molecule has 5 nitrogen and oxygen atoms in total. The van der Waals surface area contributed by atoms with Gasteiger partial charge in [0.05, 0.1) is 17.8 Å². The summed E-state index contributed by atoms with van der Waals surface area (Å²) in [6, 6.07) is 23.6. The van der Waals surface area contributed by atoms with E-state index in [4.69, 9.17) is 33.0 Å². The molecular formula is C30H28ClN3O2S. The van der Waals surface area contributed by atoms with Gasteiger partial charge in [0.15, 0.2) is 5.11 Å². The van der Waals surface area contributed by atoms with Gasteiger partial charge in [-0.15, -0.1) is 0 Å². The van der Waals surface area contributed by atoms with E-state index in [1.807, 2.05) is 67.6 Å². The van der Waals surface area contributed by atoms with Crippen molar-refractivity contribution in [1.82, 2.24) is 10.3 Å². The number of benzene rings is 2. The summed E-state index contributed by atoms with van der Waals surface area (Å²) in [5, 5.41) is 4.83. The lowest BCUT2D eigenvalue weighted by Crippen LogP contribution is -2.29. The SMILES string of the molecule is Cc1c(Cl)cccc1-c1ccc([C@@H]2[C@H](c3ccccn3)NC(=S)N2c2ccc(OC3CCCC3)cc2)o1. The Labute approximate surface area is 227 Å². The maximum absolute atomic E-state index is 6.50. The number of hydrogen-bond acceptors (Lipinski definition) is 4. The highest BCUT2D eigenvalue weighted by atomic mass is 35.5. The molecule has 1 aliphatic heterocycles. The Morgan fingerprint density at radius 2 is 1.81 bits per heavy atom. The molecule has 0 spiro atoms. The molecule has 7 heteroatoms. The first-order chi connectivity index (χ1) is 18.1. The van der Waals surface area contributed by atoms with Crippen LogP contribution in [0, 0.1) is 6.92 Å². The van der Waals surface area contributed by atoms with Gasteiger partial charge in [-0.2, -0.15) is 0 Å². The van der Waals surface area contributed by atoms with Crippen LogP contribution in [0.4, 0.5) is 5.69 Å². The van der Waals surface area contributed by atoms with Crippen molar-refractivity contribution in [3.05, 3.63) is 101 Å². The Bertz CT molecular complexity index is 1400. The minimum atomic E-state index is -0.225. The Morgan fingerprint density at radius 1 is 1.00 bits per heavy atom. The van der Waals surface area contributed by atoms with E-state index < -0.39 is 0 Å². The maximum Gasteiger partial charge on any atom is 0.174 e. The van der Waals surface area contributed by atoms with Crippen molar-refractivity contribution in [3.8, 4) is 17.1 Å². The average molecular weight is 530 g/mol. The van der Waals surface area contributed by atoms with Crippen LogP contribution in [0.25, 0.3) is 11.3 Å². The molecule has 188 valence electrons. The van der Waals surface area contributed by atoms with Gasteiger partial charge in [-0.25, -0.2) is 0 Å². The van der Waals surface area contributed by atoms with Crippen molar-refractivity contribution in [2.24, 2.45) is 0 Å². The van der Waals surface area contributed by atoms with Gasteiger partial charge in [0.2, 0.25) is 0 Å². The molecule has 0 unspecified atom stereocenters. The van der Waals surface area contributed by atoms with E-state index in [-0.39, 0.29) is 12.1 Å². The fourth-order valence-corrected chi connectivity index (χ4v) is 5.86. The number of thiocarbonyl (C=S) groups is 1. The van der Waals surface area contributed by atoms with Crippen molar-refractivity contribution < 1.29 is 9.15 Å². The highest BCUT2D eigenvalue weighted by Crippen LogP contribution is 2.43. The molecule has 2 fully saturated rings. The summed E-state index contributed by atoms with van der Waals surface area (Å²) in [5.41, 5.74) is 3.83. The second-order valence-electron chi connectivity index (χ2n) is 9.63. The summed E-state index contributed by atoms with van der Waals surface area (Å²) < 4.78 is 12.7. The molecule has 0 amide bonds. The van der Waals surface area contributed by atoms with Gasteiger partial charge in [-0.1, -0.05) is 29.8 Å². The first kappa shape index (κ1) is 24.0. The van der Waals surface area contributed by atoms with Gasteiger partial charge in [-0.3, -0.25) is 4.98 Å². The van der Waals surface area contributed by atoms with Gasteiger partial charge >= 0.3 is 0 Å². The minimum absolute atomic E-state index is 0.178. The zero-order valence-electron chi connectivity index (χ0n) is 20.6. The Morgan fingerprint density at radius 3 is 2.57 bits per heavy atom. The summed E-state index contributed by atoms with van der Waals surface area (Å²) >= 11 is 12.3. The van der Waals surface area contributed by atoms with Crippen molar-refractivity contribution in [3.63, 3.8) is 0 Å². The summed E-state index contributed by atoms with van der Waals surface area (Å²) in [6.45, 7) is 2.00. The first-order valence-corrected chi connectivity index (χ1v) is 13.5. The molecule has 1 aliphatic carbocycles. The normalized spacial score (nSPS) is 19.8. The van der Waals surface area contributed by atoms with Crippen LogP contribution < -0.4 is 15.0 Å². The number of anilines is 1. The number of nitrogens with one attached hydrogen (secondary N) is 1. The maximum atomic E-state index is 6.50. The molecule has 2 aromatic heterocycles. The van der Waals surface area contributed by atoms with Gasteiger partial charge in [0.1, 0.15) is 23.3 Å². The number of furan rings is 1. The standard InChI is InChI=1S/C30H28ClN3O2S/c1-19-23(9-6-10-24(19)31)26-16-17-27(36-26)29-28(25-11-4-5-18-32-25)33-30(37)34(29)20-12-14-22(15-13-20)35-21-7-2-3-8-21/h4-6,9-18,21,28-29H,2-3,7-8H2,1H3,(H,33,37)/t28-,29+/m0/s1. The van der Waals surface area contributed by atoms with Crippen LogP contribution >= 0.6 is 23.8 Å². The third-order valence-corrected chi connectivity index (χ3v) is 7.99. The third-order valence-electron chi connectivity index (χ3n) is 7.27. The van der Waals surface area contributed by atoms with E-state index in [0.29, 0.717) is 16.2 Å². The second-order valence-corrected chi connectivity index (χ2v) is 10.4. The summed E-state index contributed by atoms with van der Waals surface area (Å²) in [6.07, 6.45) is 6.86. The predicted molar refractivity (Wildman–Crippen MR) is 151 cm³/mol. The lowest BCUT2D eigenvalue weighted by Gasteiger charge is -2.26. The van der Waals surface area contributed by atoms with E-state index in [1.54, 1.807) is 6.20 Å². The number of hydrogen-bond donors (Lipinski definition) is 1. The quantitative estimate of drug-likeness (QED) is 0.257. The summed E-state index contributed by atoms with van der Waals surface area (Å²) in [7, 11) is 0. The molecule has 1 saturated carbocycles. The summed E-state index contributed by atoms with van der Waals surface area (Å²) in [5.74, 6) is 2.46. The third kappa shape index (κ3) is 4.72. The molecule has 6 rings (SSSR count). The predicted octanol–water partition coefficient (Wildman–Crippen LogP) is 7.80. The minimum Gasteiger partial charge on any atom is -0.490 e. The molecule has 37 heavy (non-hydrogen) atoms. The number of nitrogens with zero attached hydrogens (tertiary/aromatic N) is 2. The van der Waals surface area contributed by atoms with Crippen LogP contribution in [0.15, 0.2) is 83.4 Å². The second kappa shape index (κ2) is 10.2. The van der Waals surface area contributed by atoms with Crippen molar-refractivity contribution in [2.45, 2.75) is 50.8 Å². The molecule has 4 aromatic rings. The van der Waals surface area contributed by atoms with Crippen LogP contribution in [0.5, 0.6) is 5.75 Å². The van der Waals surface area contributed by atoms with E-state index in [9.17, 15) is 0 Å². The lowest BCUT2D eigenvalue weighted by atomic mass is 10.0. The molecule has 2 aliphatic rings. The molecule has 1 N–H and O–H groups in total. The van der Waals surface area contributed by atoms with Crippen LogP contribution in [0.2, 0.25) is 5.02 Å². The van der Waals surface area contributed by atoms with Gasteiger partial charge in [-0.05, 0) is 105 Å². The Kier molecular flexibility index (Phi) is 6.61. The Balaban J connectivity index is 1.36. The van der Waals surface area contributed by atoms with E-state index in [1.165, 1.54) is 12.8 Å². The molecule has 0 bridgehead atoms. The zero-order chi connectivity index (χ0) is 25.4. The van der Waals surface area contributed by atoms with Crippen LogP contribution in [0.1, 0.15) is 54.8 Å². The largest absolute Gasteiger partial charge is 0.490 e. The van der Waals surface area contributed by atoms with Gasteiger partial charge in [0, 0.05) is 22.5 Å². The highest BCUT2D eigenvalue weighted by molar-refractivity contribution is 7.80. The molecule has 2 atom stereocenters. The first-order valence-electron chi connectivity index (χ1n) is 12.7. The van der Waals surface area contributed by atoms with Crippen LogP contribution in [-0.2, 0) is 0 Å². The number of halogens is 1. The fourth-order valence-electron chi connectivity index (χ4n) is 5.34. The van der Waals surface area contributed by atoms with E-state index >= 15 is 0 Å². The molecule has 1 saturated heterocycles. The monoisotopic (exact) mass is 529 g/mol. The smallest absolute Gasteiger partial charge is 0.174 e. The summed E-state index contributed by atoms with van der Waals surface area (Å²) in [4.78, 5) is 6.75. The average Bonchev–Trinajstić information content (AvgIpc) is 3.67. The zero-order valence-corrected chi connectivity index (χ0v) is 22.1. The lowest BCUT2D eigenvalue weighted by molar-refractivity contribution is 0.210. The Hall–Kier alpha value is -3.35. The van der Waals surface area contributed by atoms with Crippen LogP contribution in [0.3, 0.4) is 0 Å². The number of pyridine rings is 1. The van der Waals surface area contributed by atoms with Crippen molar-refractivity contribution >= 4 is 34.6 Å².